The fourth-order valence-electron chi connectivity index (χ4n) is 3.89. The monoisotopic (exact) mass is 490 g/mol. The first-order valence-corrected chi connectivity index (χ1v) is 11.7. The van der Waals surface area contributed by atoms with Gasteiger partial charge in [-0.25, -0.2) is 19.3 Å². The van der Waals surface area contributed by atoms with Gasteiger partial charge in [0.15, 0.2) is 11.3 Å². The lowest BCUT2D eigenvalue weighted by Crippen LogP contribution is -2.09. The number of fused-ring (bicyclic) bond motifs is 2. The van der Waals surface area contributed by atoms with Crippen LogP contribution in [-0.4, -0.2) is 46.3 Å². The van der Waals surface area contributed by atoms with E-state index in [0.29, 0.717) is 60.6 Å². The standard InChI is InChI=1S/C24H21FN6O3.C2H6/c1-32-8-9-34-22-5-2-15(11-27-22)18-12-28-24(31-14-16(10-26)30-23(18)31)29-13-19-17-6-7-33-21(17)4-3-20(19)25;1-2/h2-5,11-12,14H,6-9,13H2,1H3,(H,28,29);1-2H3. The van der Waals surface area contributed by atoms with Crippen LogP contribution >= 0.6 is 0 Å². The maximum absolute atomic E-state index is 14.5. The normalized spacial score (nSPS) is 11.8. The minimum absolute atomic E-state index is 0.217. The van der Waals surface area contributed by atoms with Gasteiger partial charge in [-0.05, 0) is 18.2 Å². The third kappa shape index (κ3) is 5.06. The first kappa shape index (κ1) is 24.9. The first-order valence-electron chi connectivity index (χ1n) is 11.7. The Morgan fingerprint density at radius 3 is 2.78 bits per heavy atom. The van der Waals surface area contributed by atoms with Crippen LogP contribution in [0.15, 0.2) is 42.9 Å². The van der Waals surface area contributed by atoms with Gasteiger partial charge in [-0.1, -0.05) is 13.8 Å². The average Bonchev–Trinajstić information content (AvgIpc) is 3.57. The average molecular weight is 491 g/mol. The second kappa shape index (κ2) is 11.5. The van der Waals surface area contributed by atoms with Crippen molar-refractivity contribution in [1.29, 1.82) is 5.26 Å². The molecule has 0 saturated heterocycles. The predicted molar refractivity (Wildman–Crippen MR) is 133 cm³/mol. The SMILES string of the molecule is CC.COCCOc1ccc(-c2cnc(NCc3c(F)ccc4c3CCO4)n3cc(C#N)nc23)cn1. The number of nitrogens with one attached hydrogen (secondary N) is 1. The zero-order valence-electron chi connectivity index (χ0n) is 20.4. The molecule has 10 heteroatoms. The van der Waals surface area contributed by atoms with Crippen molar-refractivity contribution in [3.05, 3.63) is 65.5 Å². The lowest BCUT2D eigenvalue weighted by atomic mass is 10.0. The number of nitrogens with zero attached hydrogens (tertiary/aromatic N) is 5. The van der Waals surface area contributed by atoms with Gasteiger partial charge in [0.1, 0.15) is 24.2 Å². The number of hydrogen-bond donors (Lipinski definition) is 1. The van der Waals surface area contributed by atoms with Crippen LogP contribution in [0.2, 0.25) is 0 Å². The summed E-state index contributed by atoms with van der Waals surface area (Å²) in [4.78, 5) is 13.3. The van der Waals surface area contributed by atoms with Gasteiger partial charge in [0.25, 0.3) is 0 Å². The van der Waals surface area contributed by atoms with Crippen molar-refractivity contribution in [1.82, 2.24) is 19.4 Å². The van der Waals surface area contributed by atoms with Crippen LogP contribution < -0.4 is 14.8 Å². The van der Waals surface area contributed by atoms with E-state index in [9.17, 15) is 9.65 Å². The van der Waals surface area contributed by atoms with E-state index >= 15 is 0 Å². The van der Waals surface area contributed by atoms with Crippen LogP contribution in [0.1, 0.15) is 30.7 Å². The summed E-state index contributed by atoms with van der Waals surface area (Å²) < 4.78 is 32.3. The molecule has 9 nitrogen and oxygen atoms in total. The quantitative estimate of drug-likeness (QED) is 0.362. The van der Waals surface area contributed by atoms with Gasteiger partial charge < -0.3 is 19.5 Å². The minimum atomic E-state index is -0.299. The molecule has 5 rings (SSSR count). The van der Waals surface area contributed by atoms with Crippen molar-refractivity contribution in [2.75, 3.05) is 32.2 Å². The summed E-state index contributed by atoms with van der Waals surface area (Å²) in [6.07, 6.45) is 5.57. The number of aromatic nitrogens is 4. The molecule has 0 bridgehead atoms. The van der Waals surface area contributed by atoms with Gasteiger partial charge in [-0.2, -0.15) is 5.26 Å². The maximum Gasteiger partial charge on any atom is 0.213 e. The predicted octanol–water partition coefficient (Wildman–Crippen LogP) is 4.40. The highest BCUT2D eigenvalue weighted by Crippen LogP contribution is 2.31. The molecule has 0 amide bonds. The van der Waals surface area contributed by atoms with E-state index in [4.69, 9.17) is 14.2 Å². The van der Waals surface area contributed by atoms with Crippen molar-refractivity contribution in [2.45, 2.75) is 26.8 Å². The van der Waals surface area contributed by atoms with Crippen LogP contribution in [0.4, 0.5) is 10.3 Å². The molecule has 36 heavy (non-hydrogen) atoms. The van der Waals surface area contributed by atoms with E-state index in [1.54, 1.807) is 42.2 Å². The molecule has 186 valence electrons. The Kier molecular flexibility index (Phi) is 7.92. The first-order chi connectivity index (χ1) is 17.7. The Morgan fingerprint density at radius 1 is 1.17 bits per heavy atom. The summed E-state index contributed by atoms with van der Waals surface area (Å²) in [5.41, 5.74) is 3.65. The van der Waals surface area contributed by atoms with Crippen molar-refractivity contribution in [3.8, 4) is 28.8 Å². The zero-order chi connectivity index (χ0) is 25.5. The van der Waals surface area contributed by atoms with E-state index in [0.717, 1.165) is 11.1 Å². The minimum Gasteiger partial charge on any atom is -0.493 e. The molecule has 0 spiro atoms. The lowest BCUT2D eigenvalue weighted by Gasteiger charge is -2.13. The van der Waals surface area contributed by atoms with E-state index < -0.39 is 0 Å². The summed E-state index contributed by atoms with van der Waals surface area (Å²) >= 11 is 0. The van der Waals surface area contributed by atoms with Gasteiger partial charge in [-0.15, -0.1) is 0 Å². The molecule has 4 heterocycles. The highest BCUT2D eigenvalue weighted by molar-refractivity contribution is 5.78. The highest BCUT2D eigenvalue weighted by atomic mass is 19.1. The van der Waals surface area contributed by atoms with E-state index in [-0.39, 0.29) is 18.1 Å². The summed E-state index contributed by atoms with van der Waals surface area (Å²) in [6.45, 7) is 5.63. The Hall–Kier alpha value is -4.23. The number of anilines is 1. The maximum atomic E-state index is 14.5. The molecule has 1 aliphatic rings. The van der Waals surface area contributed by atoms with Crippen molar-refractivity contribution < 1.29 is 18.6 Å². The Balaban J connectivity index is 0.00000148. The van der Waals surface area contributed by atoms with Crippen LogP contribution in [0.5, 0.6) is 11.6 Å². The van der Waals surface area contributed by atoms with Crippen molar-refractivity contribution in [2.24, 2.45) is 0 Å². The molecule has 0 unspecified atom stereocenters. The molecular weight excluding hydrogens is 463 g/mol. The van der Waals surface area contributed by atoms with Crippen LogP contribution in [0.3, 0.4) is 0 Å². The third-order valence-corrected chi connectivity index (χ3v) is 5.55. The smallest absolute Gasteiger partial charge is 0.213 e. The second-order valence-corrected chi connectivity index (χ2v) is 7.61. The summed E-state index contributed by atoms with van der Waals surface area (Å²) in [6, 6.07) is 8.73. The number of benzene rings is 1. The molecule has 1 N–H and O–H groups in total. The molecule has 3 aromatic heterocycles. The number of imidazole rings is 1. The number of pyridine rings is 1. The van der Waals surface area contributed by atoms with Crippen molar-refractivity contribution in [3.63, 3.8) is 0 Å². The van der Waals surface area contributed by atoms with Crippen LogP contribution in [0.25, 0.3) is 16.8 Å². The van der Waals surface area contributed by atoms with Crippen molar-refractivity contribution >= 4 is 11.6 Å². The Morgan fingerprint density at radius 2 is 2.03 bits per heavy atom. The summed E-state index contributed by atoms with van der Waals surface area (Å²) in [5.74, 6) is 1.33. The number of methoxy groups -OCH3 is 1. The molecule has 0 aliphatic carbocycles. The van der Waals surface area contributed by atoms with Gasteiger partial charge in [0.05, 0.1) is 19.4 Å². The van der Waals surface area contributed by atoms with Gasteiger partial charge in [0, 0.05) is 60.8 Å². The molecule has 0 radical (unpaired) electrons. The van der Waals surface area contributed by atoms with E-state index in [1.807, 2.05) is 19.9 Å². The molecular formula is C26H27FN6O3. The van der Waals surface area contributed by atoms with Gasteiger partial charge in [0.2, 0.25) is 11.8 Å². The molecule has 0 atom stereocenters. The molecule has 1 aliphatic heterocycles. The van der Waals surface area contributed by atoms with E-state index in [1.165, 1.54) is 6.07 Å². The third-order valence-electron chi connectivity index (χ3n) is 5.55. The lowest BCUT2D eigenvalue weighted by molar-refractivity contribution is 0.144. The zero-order valence-corrected chi connectivity index (χ0v) is 20.4. The second-order valence-electron chi connectivity index (χ2n) is 7.61. The van der Waals surface area contributed by atoms with Crippen LogP contribution in [-0.2, 0) is 17.7 Å². The topological polar surface area (TPSA) is 107 Å². The molecule has 0 saturated carbocycles. The Bertz CT molecular complexity index is 1380. The number of nitriles is 1. The van der Waals surface area contributed by atoms with E-state index in [2.05, 4.69) is 26.3 Å². The van der Waals surface area contributed by atoms with Gasteiger partial charge >= 0.3 is 0 Å². The molecule has 0 fully saturated rings. The highest BCUT2D eigenvalue weighted by Gasteiger charge is 2.20. The van der Waals surface area contributed by atoms with Crippen LogP contribution in [0, 0.1) is 17.1 Å². The summed E-state index contributed by atoms with van der Waals surface area (Å²) in [7, 11) is 1.61. The summed E-state index contributed by atoms with van der Waals surface area (Å²) in [5, 5.41) is 12.6. The fraction of sp³-hybridized carbons (Fsp3) is 0.308. The largest absolute Gasteiger partial charge is 0.493 e. The molecule has 4 aromatic rings. The number of rotatable bonds is 8. The van der Waals surface area contributed by atoms with Gasteiger partial charge in [-0.3, -0.25) is 4.40 Å². The number of halogens is 1. The number of ether oxygens (including phenoxy) is 3. The number of hydrogen-bond acceptors (Lipinski definition) is 8. The Labute approximate surface area is 208 Å². The fourth-order valence-corrected chi connectivity index (χ4v) is 3.89. The molecule has 1 aromatic carbocycles.